The number of pyridine rings is 2. The second-order valence-corrected chi connectivity index (χ2v) is 8.11. The molecular weight excluding hydrogens is 463 g/mol. The van der Waals surface area contributed by atoms with Crippen molar-refractivity contribution in [2.75, 3.05) is 38.2 Å². The van der Waals surface area contributed by atoms with Crippen molar-refractivity contribution in [1.82, 2.24) is 14.9 Å². The number of amides is 1. The summed E-state index contributed by atoms with van der Waals surface area (Å²) in [6.45, 7) is 5.29. The maximum absolute atomic E-state index is 14.5. The largest absolute Gasteiger partial charge is 0.478 e. The van der Waals surface area contributed by atoms with Crippen LogP contribution in [0.5, 0.6) is 0 Å². The molecule has 2 aromatic heterocycles. The Kier molecular flexibility index (Phi) is 6.76. The smallest absolute Gasteiger partial charge is 0.339 e. The number of carbonyl (C=O) groups excluding carboxylic acids is 1. The van der Waals surface area contributed by atoms with Crippen molar-refractivity contribution in [2.45, 2.75) is 6.61 Å². The number of ether oxygens (including phenoxy) is 1. The molecule has 0 atom stereocenters. The van der Waals surface area contributed by atoms with E-state index < -0.39 is 11.8 Å². The molecule has 176 valence electrons. The number of anilines is 1. The molecule has 0 saturated carbocycles. The van der Waals surface area contributed by atoms with E-state index in [0.29, 0.717) is 37.4 Å². The molecule has 34 heavy (non-hydrogen) atoms. The van der Waals surface area contributed by atoms with Gasteiger partial charge in [-0.2, -0.15) is 0 Å². The minimum atomic E-state index is -1.23. The van der Waals surface area contributed by atoms with Crippen molar-refractivity contribution in [3.63, 3.8) is 0 Å². The van der Waals surface area contributed by atoms with Crippen LogP contribution in [0.1, 0.15) is 16.1 Å². The first-order valence-electron chi connectivity index (χ1n) is 10.5. The van der Waals surface area contributed by atoms with Crippen LogP contribution in [0.2, 0.25) is 5.02 Å². The van der Waals surface area contributed by atoms with Crippen LogP contribution >= 0.6 is 11.6 Å². The van der Waals surface area contributed by atoms with Gasteiger partial charge in [-0.15, -0.1) is 0 Å². The lowest BCUT2D eigenvalue weighted by atomic mass is 10.0. The SMILES string of the molecule is C=CC(=O)N1CCN(c2nc(COC)c(C(=O)O)c3nc(-c4ccccc4F)c(Cl)cc23)CC1. The molecule has 0 unspecified atom stereocenters. The number of rotatable bonds is 6. The van der Waals surface area contributed by atoms with Gasteiger partial charge in [0.25, 0.3) is 0 Å². The van der Waals surface area contributed by atoms with Crippen LogP contribution in [0.25, 0.3) is 22.2 Å². The van der Waals surface area contributed by atoms with Crippen LogP contribution in [0.15, 0.2) is 43.0 Å². The summed E-state index contributed by atoms with van der Waals surface area (Å²) >= 11 is 6.53. The van der Waals surface area contributed by atoms with Crippen LogP contribution in [0.3, 0.4) is 0 Å². The first-order valence-corrected chi connectivity index (χ1v) is 10.9. The molecule has 1 N–H and O–H groups in total. The fourth-order valence-electron chi connectivity index (χ4n) is 4.05. The van der Waals surface area contributed by atoms with Crippen molar-refractivity contribution >= 4 is 40.2 Å². The third-order valence-corrected chi connectivity index (χ3v) is 5.96. The highest BCUT2D eigenvalue weighted by molar-refractivity contribution is 6.34. The number of piperazine rings is 1. The molecule has 1 aliphatic heterocycles. The van der Waals surface area contributed by atoms with Gasteiger partial charge in [0.15, 0.2) is 0 Å². The maximum atomic E-state index is 14.5. The average Bonchev–Trinajstić information content (AvgIpc) is 2.83. The summed E-state index contributed by atoms with van der Waals surface area (Å²) < 4.78 is 19.7. The van der Waals surface area contributed by atoms with Crippen LogP contribution in [0, 0.1) is 5.82 Å². The maximum Gasteiger partial charge on any atom is 0.339 e. The lowest BCUT2D eigenvalue weighted by Crippen LogP contribution is -2.48. The number of methoxy groups -OCH3 is 1. The van der Waals surface area contributed by atoms with Crippen molar-refractivity contribution in [2.24, 2.45) is 0 Å². The van der Waals surface area contributed by atoms with Crippen molar-refractivity contribution < 1.29 is 23.8 Å². The molecule has 0 spiro atoms. The molecule has 1 saturated heterocycles. The number of aromatic carboxylic acids is 1. The van der Waals surface area contributed by atoms with Gasteiger partial charge in [-0.25, -0.2) is 19.2 Å². The van der Waals surface area contributed by atoms with E-state index in [9.17, 15) is 19.1 Å². The molecule has 3 aromatic rings. The highest BCUT2D eigenvalue weighted by Gasteiger charge is 2.27. The Labute approximate surface area is 200 Å². The predicted octanol–water partition coefficient (Wildman–Crippen LogP) is 3.77. The Morgan fingerprint density at radius 3 is 2.56 bits per heavy atom. The molecule has 0 bridgehead atoms. The van der Waals surface area contributed by atoms with Gasteiger partial charge >= 0.3 is 5.97 Å². The van der Waals surface area contributed by atoms with Crippen LogP contribution in [-0.4, -0.2) is 65.1 Å². The third kappa shape index (κ3) is 4.32. The number of fused-ring (bicyclic) bond motifs is 1. The van der Waals surface area contributed by atoms with Crippen molar-refractivity contribution in [3.05, 3.63) is 65.1 Å². The van der Waals surface area contributed by atoms with Gasteiger partial charge in [-0.1, -0.05) is 30.3 Å². The van der Waals surface area contributed by atoms with E-state index >= 15 is 0 Å². The van der Waals surface area contributed by atoms with Crippen molar-refractivity contribution in [3.8, 4) is 11.3 Å². The van der Waals surface area contributed by atoms with Gasteiger partial charge in [0, 0.05) is 44.2 Å². The first kappa shape index (κ1) is 23.6. The summed E-state index contributed by atoms with van der Waals surface area (Å²) in [6.07, 6.45) is 1.27. The number of carboxylic acids is 1. The summed E-state index contributed by atoms with van der Waals surface area (Å²) in [7, 11) is 1.44. The Morgan fingerprint density at radius 2 is 1.94 bits per heavy atom. The van der Waals surface area contributed by atoms with Crippen LogP contribution in [0.4, 0.5) is 10.2 Å². The monoisotopic (exact) mass is 484 g/mol. The molecular formula is C24H22ClFN4O4. The summed E-state index contributed by atoms with van der Waals surface area (Å²) in [5, 5.41) is 10.6. The number of nitrogens with zero attached hydrogens (tertiary/aromatic N) is 4. The highest BCUT2D eigenvalue weighted by Crippen LogP contribution is 2.36. The molecule has 0 radical (unpaired) electrons. The summed E-state index contributed by atoms with van der Waals surface area (Å²) in [4.78, 5) is 37.0. The van der Waals surface area contributed by atoms with E-state index in [-0.39, 0.29) is 45.6 Å². The lowest BCUT2D eigenvalue weighted by Gasteiger charge is -2.35. The van der Waals surface area contributed by atoms with E-state index in [0.717, 1.165) is 0 Å². The van der Waals surface area contributed by atoms with Gasteiger partial charge in [0.1, 0.15) is 17.2 Å². The lowest BCUT2D eigenvalue weighted by molar-refractivity contribution is -0.126. The van der Waals surface area contributed by atoms with E-state index in [1.54, 1.807) is 23.1 Å². The standard InChI is InChI=1S/C24H22ClFN4O4/c1-3-19(31)29-8-10-30(11-9-29)23-15-12-16(25)21(14-6-4-5-7-17(14)26)28-22(15)20(24(32)33)18(27-23)13-34-2/h3-7,12H,1,8-11,13H2,2H3,(H,32,33). The van der Waals surface area contributed by atoms with Gasteiger partial charge in [0.2, 0.25) is 5.91 Å². The number of benzene rings is 1. The second-order valence-electron chi connectivity index (χ2n) is 7.71. The normalized spacial score (nSPS) is 13.9. The zero-order valence-electron chi connectivity index (χ0n) is 18.4. The molecule has 1 fully saturated rings. The van der Waals surface area contributed by atoms with E-state index in [2.05, 4.69) is 16.5 Å². The van der Waals surface area contributed by atoms with Gasteiger partial charge < -0.3 is 19.6 Å². The predicted molar refractivity (Wildman–Crippen MR) is 127 cm³/mol. The molecule has 1 aromatic carbocycles. The number of aromatic nitrogens is 2. The van der Waals surface area contributed by atoms with Gasteiger partial charge in [-0.3, -0.25) is 4.79 Å². The number of carboxylic acid groups (broad SMARTS) is 1. The Hall–Kier alpha value is -3.56. The molecule has 1 amide bonds. The zero-order chi connectivity index (χ0) is 24.4. The molecule has 1 aliphatic rings. The van der Waals surface area contributed by atoms with E-state index in [4.69, 9.17) is 16.3 Å². The Bertz CT molecular complexity index is 1290. The average molecular weight is 485 g/mol. The zero-order valence-corrected chi connectivity index (χ0v) is 19.2. The fraction of sp³-hybridized carbons (Fsp3) is 0.250. The van der Waals surface area contributed by atoms with E-state index in [1.807, 2.05) is 4.90 Å². The second kappa shape index (κ2) is 9.74. The van der Waals surface area contributed by atoms with Crippen LogP contribution < -0.4 is 4.90 Å². The number of hydrogen-bond acceptors (Lipinski definition) is 6. The number of hydrogen-bond donors (Lipinski definition) is 1. The van der Waals surface area contributed by atoms with Gasteiger partial charge in [-0.05, 0) is 24.3 Å². The fourth-order valence-corrected chi connectivity index (χ4v) is 4.30. The Balaban J connectivity index is 1.92. The minimum Gasteiger partial charge on any atom is -0.478 e. The Morgan fingerprint density at radius 1 is 1.24 bits per heavy atom. The molecule has 0 aliphatic carbocycles. The number of halogens is 2. The molecule has 4 rings (SSSR count). The highest BCUT2D eigenvalue weighted by atomic mass is 35.5. The van der Waals surface area contributed by atoms with Crippen molar-refractivity contribution in [1.29, 1.82) is 0 Å². The van der Waals surface area contributed by atoms with Crippen LogP contribution in [-0.2, 0) is 16.1 Å². The quantitative estimate of drug-likeness (QED) is 0.532. The first-order chi connectivity index (χ1) is 16.3. The third-order valence-electron chi connectivity index (χ3n) is 5.67. The topological polar surface area (TPSA) is 95.9 Å². The summed E-state index contributed by atoms with van der Waals surface area (Å²) in [5.41, 5.74) is 0.495. The summed E-state index contributed by atoms with van der Waals surface area (Å²) in [6, 6.07) is 7.58. The summed E-state index contributed by atoms with van der Waals surface area (Å²) in [5.74, 6) is -1.43. The number of carbonyl (C=O) groups is 2. The minimum absolute atomic E-state index is 0.0567. The molecule has 8 nitrogen and oxygen atoms in total. The molecule has 10 heteroatoms. The molecule has 3 heterocycles. The van der Waals surface area contributed by atoms with E-state index in [1.165, 1.54) is 25.3 Å². The van der Waals surface area contributed by atoms with Gasteiger partial charge in [0.05, 0.1) is 28.5 Å².